The Kier molecular flexibility index (Phi) is 5.42. The summed E-state index contributed by atoms with van der Waals surface area (Å²) in [5.74, 6) is 0.256. The first-order valence-electron chi connectivity index (χ1n) is 8.02. The fourth-order valence-electron chi connectivity index (χ4n) is 2.69. The Morgan fingerprint density at radius 2 is 1.83 bits per heavy atom. The van der Waals surface area contributed by atoms with Gasteiger partial charge in [0.15, 0.2) is 0 Å². The van der Waals surface area contributed by atoms with E-state index in [-0.39, 0.29) is 24.5 Å². The first-order valence-corrected chi connectivity index (χ1v) is 8.02. The molecule has 1 aliphatic rings. The summed E-state index contributed by atoms with van der Waals surface area (Å²) in [4.78, 5) is 13.9. The van der Waals surface area contributed by atoms with E-state index < -0.39 is 23.9 Å². The summed E-state index contributed by atoms with van der Waals surface area (Å²) in [6.45, 7) is 6.03. The lowest BCUT2D eigenvalue weighted by Crippen LogP contribution is -2.45. The van der Waals surface area contributed by atoms with Crippen LogP contribution in [0.3, 0.4) is 0 Å². The van der Waals surface area contributed by atoms with E-state index in [1.165, 1.54) is 17.0 Å². The van der Waals surface area contributed by atoms with E-state index in [1.54, 1.807) is 0 Å². The number of nitrogens with one attached hydrogen (secondary N) is 1. The van der Waals surface area contributed by atoms with Crippen LogP contribution in [0, 0.1) is 5.92 Å². The van der Waals surface area contributed by atoms with Gasteiger partial charge in [0.25, 0.3) is 0 Å². The third-order valence-electron chi connectivity index (χ3n) is 4.51. The lowest BCUT2D eigenvalue weighted by Gasteiger charge is -2.28. The summed E-state index contributed by atoms with van der Waals surface area (Å²) in [6, 6.07) is 3.98. The number of aliphatic hydroxyl groups excluding tert-OH is 1. The summed E-state index contributed by atoms with van der Waals surface area (Å²) in [5.41, 5.74) is -0.138. The van der Waals surface area contributed by atoms with Crippen molar-refractivity contribution in [2.75, 3.05) is 6.54 Å². The topological polar surface area (TPSA) is 52.6 Å². The van der Waals surface area contributed by atoms with Crippen molar-refractivity contribution in [1.82, 2.24) is 10.2 Å². The van der Waals surface area contributed by atoms with Crippen molar-refractivity contribution in [3.63, 3.8) is 0 Å². The fourth-order valence-corrected chi connectivity index (χ4v) is 2.69. The van der Waals surface area contributed by atoms with Crippen LogP contribution in [-0.2, 0) is 6.18 Å². The number of urea groups is 1. The van der Waals surface area contributed by atoms with Gasteiger partial charge in [-0.2, -0.15) is 13.2 Å². The van der Waals surface area contributed by atoms with E-state index in [4.69, 9.17) is 0 Å². The van der Waals surface area contributed by atoms with E-state index >= 15 is 0 Å². The van der Waals surface area contributed by atoms with Gasteiger partial charge >= 0.3 is 12.2 Å². The minimum absolute atomic E-state index is 0.0384. The molecule has 0 aromatic heterocycles. The predicted molar refractivity (Wildman–Crippen MR) is 84.3 cm³/mol. The van der Waals surface area contributed by atoms with Gasteiger partial charge in [-0.1, -0.05) is 26.0 Å². The molecule has 1 fully saturated rings. The van der Waals surface area contributed by atoms with Crippen LogP contribution in [0.15, 0.2) is 24.3 Å². The molecule has 3 unspecified atom stereocenters. The van der Waals surface area contributed by atoms with Crippen LogP contribution < -0.4 is 5.32 Å². The second kappa shape index (κ2) is 7.01. The number of alkyl halides is 3. The van der Waals surface area contributed by atoms with Gasteiger partial charge < -0.3 is 15.3 Å². The monoisotopic (exact) mass is 344 g/mol. The second-order valence-corrected chi connectivity index (χ2v) is 6.66. The molecular formula is C17H23F3N2O2. The van der Waals surface area contributed by atoms with E-state index in [9.17, 15) is 23.1 Å². The number of hydrogen-bond acceptors (Lipinski definition) is 2. The van der Waals surface area contributed by atoms with Gasteiger partial charge in [-0.05, 0) is 37.0 Å². The summed E-state index contributed by atoms with van der Waals surface area (Å²) in [6.07, 6.45) is -4.76. The molecule has 7 heteroatoms. The van der Waals surface area contributed by atoms with Gasteiger partial charge in [0, 0.05) is 12.6 Å². The fraction of sp³-hybridized carbons (Fsp3) is 0.588. The van der Waals surface area contributed by atoms with Gasteiger partial charge in [0.05, 0.1) is 17.7 Å². The van der Waals surface area contributed by atoms with E-state index in [0.717, 1.165) is 12.1 Å². The molecule has 24 heavy (non-hydrogen) atoms. The Hall–Kier alpha value is -1.76. The van der Waals surface area contributed by atoms with Crippen LogP contribution in [0.1, 0.15) is 44.4 Å². The molecular weight excluding hydrogens is 321 g/mol. The quantitative estimate of drug-likeness (QED) is 0.881. The van der Waals surface area contributed by atoms with Crippen molar-refractivity contribution in [2.45, 2.75) is 51.6 Å². The molecule has 3 atom stereocenters. The average molecular weight is 344 g/mol. The Morgan fingerprint density at radius 1 is 1.25 bits per heavy atom. The Balaban J connectivity index is 2.16. The lowest BCUT2D eigenvalue weighted by molar-refractivity contribution is -0.137. The number of likely N-dealkylation sites (tertiary alicyclic amines) is 1. The van der Waals surface area contributed by atoms with E-state index in [2.05, 4.69) is 5.32 Å². The molecule has 0 spiro atoms. The third-order valence-corrected chi connectivity index (χ3v) is 4.51. The third kappa shape index (κ3) is 4.20. The van der Waals surface area contributed by atoms with Crippen LogP contribution >= 0.6 is 0 Å². The SMILES string of the molecule is CC(C)C(C)NC(=O)N1CC(O)CC1c1ccc(C(F)(F)F)cc1. The number of benzene rings is 1. The Morgan fingerprint density at radius 3 is 2.33 bits per heavy atom. The molecule has 1 aromatic rings. The molecule has 1 saturated heterocycles. The summed E-state index contributed by atoms with van der Waals surface area (Å²) >= 11 is 0. The van der Waals surface area contributed by atoms with Crippen molar-refractivity contribution >= 4 is 6.03 Å². The molecule has 0 bridgehead atoms. The smallest absolute Gasteiger partial charge is 0.391 e. The van der Waals surface area contributed by atoms with Crippen molar-refractivity contribution in [1.29, 1.82) is 0 Å². The Labute approximate surface area is 139 Å². The van der Waals surface area contributed by atoms with Crippen LogP contribution in [0.4, 0.5) is 18.0 Å². The number of halogens is 3. The molecule has 1 heterocycles. The second-order valence-electron chi connectivity index (χ2n) is 6.66. The summed E-state index contributed by atoms with van der Waals surface area (Å²) in [5, 5.41) is 12.8. The summed E-state index contributed by atoms with van der Waals surface area (Å²) < 4.78 is 38.0. The van der Waals surface area contributed by atoms with Crippen LogP contribution in [0.25, 0.3) is 0 Å². The molecule has 1 aliphatic heterocycles. The van der Waals surface area contributed by atoms with E-state index in [0.29, 0.717) is 12.0 Å². The first kappa shape index (κ1) is 18.6. The van der Waals surface area contributed by atoms with Crippen molar-refractivity contribution in [3.8, 4) is 0 Å². The molecule has 2 N–H and O–H groups in total. The minimum Gasteiger partial charge on any atom is -0.391 e. The normalized spacial score (nSPS) is 22.8. The first-order chi connectivity index (χ1) is 11.1. The molecule has 0 saturated carbocycles. The number of carbonyl (C=O) groups excluding carboxylic acids is 1. The highest BCUT2D eigenvalue weighted by atomic mass is 19.4. The number of aliphatic hydroxyl groups is 1. The van der Waals surface area contributed by atoms with Gasteiger partial charge in [-0.3, -0.25) is 0 Å². The molecule has 0 aliphatic carbocycles. The van der Waals surface area contributed by atoms with Gasteiger partial charge in [0.2, 0.25) is 0 Å². The maximum absolute atomic E-state index is 12.7. The number of rotatable bonds is 3. The number of hydrogen-bond donors (Lipinski definition) is 2. The molecule has 2 rings (SSSR count). The zero-order valence-corrected chi connectivity index (χ0v) is 14.0. The van der Waals surface area contributed by atoms with Crippen molar-refractivity contribution in [3.05, 3.63) is 35.4 Å². The van der Waals surface area contributed by atoms with Crippen molar-refractivity contribution < 1.29 is 23.1 Å². The van der Waals surface area contributed by atoms with E-state index in [1.807, 2.05) is 20.8 Å². The van der Waals surface area contributed by atoms with Gasteiger partial charge in [-0.15, -0.1) is 0 Å². The zero-order chi connectivity index (χ0) is 18.1. The maximum atomic E-state index is 12.7. The molecule has 134 valence electrons. The summed E-state index contributed by atoms with van der Waals surface area (Å²) in [7, 11) is 0. The molecule has 0 radical (unpaired) electrons. The minimum atomic E-state index is -4.39. The van der Waals surface area contributed by atoms with Gasteiger partial charge in [0.1, 0.15) is 0 Å². The van der Waals surface area contributed by atoms with Crippen LogP contribution in [0.2, 0.25) is 0 Å². The average Bonchev–Trinajstić information content (AvgIpc) is 2.88. The standard InChI is InChI=1S/C17H23F3N2O2/c1-10(2)11(3)21-16(24)22-9-14(23)8-15(22)12-4-6-13(7-5-12)17(18,19)20/h4-7,10-11,14-15,23H,8-9H2,1-3H3,(H,21,24). The van der Waals surface area contributed by atoms with Crippen LogP contribution in [0.5, 0.6) is 0 Å². The maximum Gasteiger partial charge on any atom is 0.416 e. The number of carbonyl (C=O) groups is 1. The largest absolute Gasteiger partial charge is 0.416 e. The van der Waals surface area contributed by atoms with Gasteiger partial charge in [-0.25, -0.2) is 4.79 Å². The number of nitrogens with zero attached hydrogens (tertiary/aromatic N) is 1. The molecule has 4 nitrogen and oxygen atoms in total. The number of β-amino-alcohol motifs (C(OH)–C–C–N with tert-alkyl or cyclic N) is 1. The highest BCUT2D eigenvalue weighted by molar-refractivity contribution is 5.75. The van der Waals surface area contributed by atoms with Crippen molar-refractivity contribution in [2.24, 2.45) is 5.92 Å². The number of amides is 2. The molecule has 2 amide bonds. The highest BCUT2D eigenvalue weighted by Crippen LogP contribution is 2.35. The lowest BCUT2D eigenvalue weighted by atomic mass is 10.0. The molecule has 1 aromatic carbocycles. The highest BCUT2D eigenvalue weighted by Gasteiger charge is 2.36. The Bertz CT molecular complexity index is 572. The van der Waals surface area contributed by atoms with Crippen LogP contribution in [-0.4, -0.2) is 34.7 Å². The predicted octanol–water partition coefficient (Wildman–Crippen LogP) is 3.57. The zero-order valence-electron chi connectivity index (χ0n) is 14.0.